The second-order valence-electron chi connectivity index (χ2n) is 5.16. The summed E-state index contributed by atoms with van der Waals surface area (Å²) in [6.07, 6.45) is 4.93. The van der Waals surface area contributed by atoms with Gasteiger partial charge in [0.15, 0.2) is 0 Å². The molecule has 0 saturated heterocycles. The molecule has 1 aliphatic rings. The van der Waals surface area contributed by atoms with Crippen LogP contribution in [0.3, 0.4) is 0 Å². The Morgan fingerprint density at radius 1 is 1.47 bits per heavy atom. The number of ether oxygens (including phenoxy) is 1. The molecule has 1 aromatic heterocycles. The van der Waals surface area contributed by atoms with E-state index in [9.17, 15) is 9.90 Å². The van der Waals surface area contributed by atoms with Crippen molar-refractivity contribution in [2.24, 2.45) is 5.92 Å². The first-order valence-electron chi connectivity index (χ1n) is 6.22. The van der Waals surface area contributed by atoms with Crippen molar-refractivity contribution in [3.05, 3.63) is 23.9 Å². The van der Waals surface area contributed by atoms with Crippen LogP contribution in [0, 0.1) is 5.92 Å². The Balaban J connectivity index is 2.27. The number of allylic oxidation sites excluding steroid dienone is 2. The van der Waals surface area contributed by atoms with Gasteiger partial charge in [-0.2, -0.15) is 4.98 Å². The third-order valence-corrected chi connectivity index (χ3v) is 3.56. The van der Waals surface area contributed by atoms with E-state index in [-0.39, 0.29) is 5.92 Å². The van der Waals surface area contributed by atoms with E-state index in [1.165, 1.54) is 0 Å². The van der Waals surface area contributed by atoms with E-state index in [1.807, 2.05) is 26.0 Å². The number of carboxylic acid groups (broad SMARTS) is 1. The first-order valence-corrected chi connectivity index (χ1v) is 6.22. The number of rotatable bonds is 4. The maximum Gasteiger partial charge on any atom is 0.307 e. The Labute approximate surface area is 111 Å². The fraction of sp³-hybridized carbons (Fsp3) is 0.615. The molecule has 6 nitrogen and oxygen atoms in total. The van der Waals surface area contributed by atoms with Crippen molar-refractivity contribution in [1.82, 2.24) is 10.1 Å². The van der Waals surface area contributed by atoms with Crippen LogP contribution in [0.15, 0.2) is 16.7 Å². The molecule has 1 N–H and O–H groups in total. The first kappa shape index (κ1) is 13.7. The van der Waals surface area contributed by atoms with Crippen LogP contribution < -0.4 is 0 Å². The highest BCUT2D eigenvalue weighted by Crippen LogP contribution is 2.34. The van der Waals surface area contributed by atoms with Gasteiger partial charge in [0.05, 0.1) is 11.8 Å². The fourth-order valence-corrected chi connectivity index (χ4v) is 2.08. The van der Waals surface area contributed by atoms with Crippen LogP contribution in [0.25, 0.3) is 0 Å². The largest absolute Gasteiger partial charge is 0.481 e. The molecular weight excluding hydrogens is 248 g/mol. The smallest absolute Gasteiger partial charge is 0.307 e. The number of carboxylic acids is 1. The predicted molar refractivity (Wildman–Crippen MR) is 66.6 cm³/mol. The summed E-state index contributed by atoms with van der Waals surface area (Å²) in [4.78, 5) is 15.6. The minimum atomic E-state index is -0.833. The van der Waals surface area contributed by atoms with Gasteiger partial charge in [0.1, 0.15) is 5.60 Å². The maximum absolute atomic E-state index is 11.2. The van der Waals surface area contributed by atoms with E-state index in [2.05, 4.69) is 10.1 Å². The van der Waals surface area contributed by atoms with Gasteiger partial charge in [-0.15, -0.1) is 0 Å². The van der Waals surface area contributed by atoms with Crippen LogP contribution in [0.2, 0.25) is 0 Å². The fourth-order valence-electron chi connectivity index (χ4n) is 2.08. The molecule has 1 aliphatic carbocycles. The molecule has 0 bridgehead atoms. The Morgan fingerprint density at radius 3 is 2.79 bits per heavy atom. The van der Waals surface area contributed by atoms with Crippen LogP contribution in [0.5, 0.6) is 0 Å². The zero-order valence-electron chi connectivity index (χ0n) is 11.3. The number of hydrogen-bond acceptors (Lipinski definition) is 5. The van der Waals surface area contributed by atoms with Crippen molar-refractivity contribution < 1.29 is 19.2 Å². The molecule has 19 heavy (non-hydrogen) atoms. The molecule has 1 heterocycles. The second kappa shape index (κ2) is 5.13. The average Bonchev–Trinajstić information content (AvgIpc) is 2.89. The first-order chi connectivity index (χ1) is 8.95. The van der Waals surface area contributed by atoms with Crippen molar-refractivity contribution in [3.63, 3.8) is 0 Å². The summed E-state index contributed by atoms with van der Waals surface area (Å²) in [7, 11) is 1.57. The van der Waals surface area contributed by atoms with Gasteiger partial charge in [-0.1, -0.05) is 17.3 Å². The molecule has 0 saturated carbocycles. The number of carbonyl (C=O) groups is 1. The topological polar surface area (TPSA) is 85.5 Å². The average molecular weight is 266 g/mol. The third-order valence-electron chi connectivity index (χ3n) is 3.56. The predicted octanol–water partition coefficient (Wildman–Crippen LogP) is 2.09. The van der Waals surface area contributed by atoms with Gasteiger partial charge in [-0.05, 0) is 26.7 Å². The van der Waals surface area contributed by atoms with Gasteiger partial charge in [0.2, 0.25) is 11.7 Å². The highest BCUT2D eigenvalue weighted by molar-refractivity contribution is 5.71. The Kier molecular flexibility index (Phi) is 3.71. The van der Waals surface area contributed by atoms with E-state index in [4.69, 9.17) is 9.26 Å². The maximum atomic E-state index is 11.2. The Hall–Kier alpha value is -1.69. The molecule has 2 atom stereocenters. The van der Waals surface area contributed by atoms with Gasteiger partial charge in [0, 0.05) is 7.11 Å². The van der Waals surface area contributed by atoms with E-state index in [1.54, 1.807) is 7.11 Å². The highest BCUT2D eigenvalue weighted by atomic mass is 16.5. The Bertz CT molecular complexity index is 493. The molecule has 0 radical (unpaired) electrons. The van der Waals surface area contributed by atoms with Crippen molar-refractivity contribution in [2.75, 3.05) is 7.11 Å². The molecular formula is C13H18N2O4. The quantitative estimate of drug-likeness (QED) is 0.840. The minimum Gasteiger partial charge on any atom is -0.481 e. The van der Waals surface area contributed by atoms with Crippen LogP contribution in [-0.2, 0) is 15.1 Å². The van der Waals surface area contributed by atoms with Crippen molar-refractivity contribution in [3.8, 4) is 0 Å². The second-order valence-corrected chi connectivity index (χ2v) is 5.16. The minimum absolute atomic E-state index is 0.267. The van der Waals surface area contributed by atoms with Gasteiger partial charge in [-0.25, -0.2) is 0 Å². The number of nitrogens with zero attached hydrogens (tertiary/aromatic N) is 2. The zero-order valence-corrected chi connectivity index (χ0v) is 11.3. The summed E-state index contributed by atoms with van der Waals surface area (Å²) < 4.78 is 10.5. The van der Waals surface area contributed by atoms with Crippen LogP contribution in [0.1, 0.15) is 44.3 Å². The SMILES string of the molecule is COC(C)(C)c1noc(C2CC=CCC2C(=O)O)n1. The van der Waals surface area contributed by atoms with Crippen LogP contribution >= 0.6 is 0 Å². The molecule has 1 aromatic rings. The van der Waals surface area contributed by atoms with Crippen molar-refractivity contribution in [1.29, 1.82) is 0 Å². The number of hydrogen-bond donors (Lipinski definition) is 1. The van der Waals surface area contributed by atoms with Gasteiger partial charge in [-0.3, -0.25) is 4.79 Å². The molecule has 0 fully saturated rings. The zero-order chi connectivity index (χ0) is 14.0. The van der Waals surface area contributed by atoms with E-state index in [0.717, 1.165) is 0 Å². The monoisotopic (exact) mass is 266 g/mol. The third kappa shape index (κ3) is 2.68. The number of aromatic nitrogens is 2. The van der Waals surface area contributed by atoms with Gasteiger partial charge >= 0.3 is 5.97 Å². The Morgan fingerprint density at radius 2 is 2.16 bits per heavy atom. The molecule has 104 valence electrons. The lowest BCUT2D eigenvalue weighted by Crippen LogP contribution is -2.24. The van der Waals surface area contributed by atoms with Crippen molar-refractivity contribution >= 4 is 5.97 Å². The summed E-state index contributed by atoms with van der Waals surface area (Å²) in [6.45, 7) is 3.66. The lowest BCUT2D eigenvalue weighted by molar-refractivity contribution is -0.142. The standard InChI is InChI=1S/C13H18N2O4/c1-13(2,18-3)12-14-10(19-15-12)8-6-4-5-7-9(8)11(16)17/h4-5,8-9H,6-7H2,1-3H3,(H,16,17). The molecule has 0 aromatic carbocycles. The molecule has 2 unspecified atom stereocenters. The van der Waals surface area contributed by atoms with Gasteiger partial charge in [0.25, 0.3) is 0 Å². The van der Waals surface area contributed by atoms with Crippen LogP contribution in [-0.4, -0.2) is 28.3 Å². The van der Waals surface area contributed by atoms with E-state index < -0.39 is 17.5 Å². The summed E-state index contributed by atoms with van der Waals surface area (Å²) >= 11 is 0. The molecule has 0 spiro atoms. The summed E-state index contributed by atoms with van der Waals surface area (Å²) in [5.74, 6) is -0.805. The molecule has 0 amide bonds. The van der Waals surface area contributed by atoms with Crippen molar-refractivity contribution in [2.45, 2.75) is 38.2 Å². The normalized spacial score (nSPS) is 23.5. The molecule has 0 aliphatic heterocycles. The summed E-state index contributed by atoms with van der Waals surface area (Å²) in [6, 6.07) is 0. The molecule has 6 heteroatoms. The van der Waals surface area contributed by atoms with Gasteiger partial charge < -0.3 is 14.4 Å². The van der Waals surface area contributed by atoms with E-state index in [0.29, 0.717) is 24.6 Å². The summed E-state index contributed by atoms with van der Waals surface area (Å²) in [5, 5.41) is 13.1. The van der Waals surface area contributed by atoms with E-state index >= 15 is 0 Å². The summed E-state index contributed by atoms with van der Waals surface area (Å²) in [5.41, 5.74) is -0.648. The lowest BCUT2D eigenvalue weighted by atomic mass is 9.83. The number of aliphatic carboxylic acids is 1. The highest BCUT2D eigenvalue weighted by Gasteiger charge is 2.35. The van der Waals surface area contributed by atoms with Crippen LogP contribution in [0.4, 0.5) is 0 Å². The molecule has 2 rings (SSSR count). The number of methoxy groups -OCH3 is 1. The lowest BCUT2D eigenvalue weighted by Gasteiger charge is -2.21.